The van der Waals surface area contributed by atoms with E-state index in [0.29, 0.717) is 11.4 Å². The summed E-state index contributed by atoms with van der Waals surface area (Å²) < 4.78 is 44.4. The third-order valence-corrected chi connectivity index (χ3v) is 4.02. The first-order valence-electron chi connectivity index (χ1n) is 7.74. The minimum atomic E-state index is -4.53. The molecular weight excluding hydrogens is 335 g/mol. The van der Waals surface area contributed by atoms with Gasteiger partial charge in [0.25, 0.3) is 0 Å². The number of para-hydroxylation sites is 2. The van der Waals surface area contributed by atoms with Crippen molar-refractivity contribution in [1.29, 1.82) is 0 Å². The van der Waals surface area contributed by atoms with E-state index < -0.39 is 29.7 Å². The Bertz CT molecular complexity index is 776. The van der Waals surface area contributed by atoms with Gasteiger partial charge in [0.2, 0.25) is 5.78 Å². The number of alkyl halides is 3. The number of carbonyl (C=O) groups excluding carboxylic acids is 1. The van der Waals surface area contributed by atoms with Crippen molar-refractivity contribution in [3.05, 3.63) is 59.7 Å². The van der Waals surface area contributed by atoms with Crippen molar-refractivity contribution in [2.75, 3.05) is 11.9 Å². The summed E-state index contributed by atoms with van der Waals surface area (Å²) in [5.74, 6) is -0.117. The van der Waals surface area contributed by atoms with Crippen molar-refractivity contribution in [3.63, 3.8) is 0 Å². The fraction of sp³-hybridized carbons (Fsp3) is 0.278. The smallest absolute Gasteiger partial charge is 0.416 e. The number of carbonyl (C=O) groups is 1. The Kier molecular flexibility index (Phi) is 4.67. The van der Waals surface area contributed by atoms with E-state index in [2.05, 4.69) is 5.32 Å². The molecule has 3 rings (SSSR count). The molecule has 0 amide bonds. The van der Waals surface area contributed by atoms with Gasteiger partial charge in [-0.05, 0) is 30.7 Å². The molecule has 0 aliphatic carbocycles. The van der Waals surface area contributed by atoms with Crippen LogP contribution in [0.3, 0.4) is 0 Å². The van der Waals surface area contributed by atoms with E-state index in [1.165, 1.54) is 12.1 Å². The highest BCUT2D eigenvalue weighted by molar-refractivity contribution is 6.01. The summed E-state index contributed by atoms with van der Waals surface area (Å²) in [6.07, 6.45) is -5.33. The third-order valence-electron chi connectivity index (χ3n) is 4.02. The van der Waals surface area contributed by atoms with Gasteiger partial charge in [0.1, 0.15) is 5.75 Å². The van der Waals surface area contributed by atoms with Gasteiger partial charge in [-0.1, -0.05) is 24.3 Å². The van der Waals surface area contributed by atoms with Gasteiger partial charge in [-0.15, -0.1) is 0 Å². The van der Waals surface area contributed by atoms with Crippen LogP contribution >= 0.6 is 0 Å². The maximum absolute atomic E-state index is 12.9. The van der Waals surface area contributed by atoms with Crippen LogP contribution in [-0.2, 0) is 6.18 Å². The number of ketones is 1. The van der Waals surface area contributed by atoms with Gasteiger partial charge >= 0.3 is 6.18 Å². The number of nitrogens with one attached hydrogen (secondary N) is 1. The molecule has 0 saturated heterocycles. The number of fused-ring (bicyclic) bond motifs is 1. The van der Waals surface area contributed by atoms with Crippen molar-refractivity contribution in [1.82, 2.24) is 0 Å². The monoisotopic (exact) mass is 351 g/mol. The molecule has 7 heteroatoms. The quantitative estimate of drug-likeness (QED) is 0.828. The molecule has 2 aromatic rings. The minimum absolute atomic E-state index is 0.0797. The second-order valence-electron chi connectivity index (χ2n) is 5.74. The predicted molar refractivity (Wildman–Crippen MR) is 85.7 cm³/mol. The zero-order chi connectivity index (χ0) is 18.0. The molecule has 25 heavy (non-hydrogen) atoms. The summed E-state index contributed by atoms with van der Waals surface area (Å²) in [7, 11) is 0. The van der Waals surface area contributed by atoms with Crippen LogP contribution in [0.4, 0.5) is 18.9 Å². The largest absolute Gasteiger partial charge is 0.478 e. The lowest BCUT2D eigenvalue weighted by molar-refractivity contribution is -0.137. The Balaban J connectivity index is 1.92. The first-order chi connectivity index (χ1) is 11.9. The lowest BCUT2D eigenvalue weighted by Crippen LogP contribution is -2.47. The SMILES string of the molecule is O=C(c1cccc(C(F)(F)F)c1)C1Oc2ccccc2NC1CCO. The predicted octanol–water partition coefficient (Wildman–Crippen LogP) is 3.51. The molecule has 2 unspecified atom stereocenters. The maximum Gasteiger partial charge on any atom is 0.416 e. The second-order valence-corrected chi connectivity index (χ2v) is 5.74. The zero-order valence-electron chi connectivity index (χ0n) is 13.1. The molecule has 0 radical (unpaired) electrons. The number of Topliss-reactive ketones (excluding diaryl/α,β-unsaturated/α-hetero) is 1. The zero-order valence-corrected chi connectivity index (χ0v) is 13.1. The van der Waals surface area contributed by atoms with Crippen molar-refractivity contribution < 1.29 is 27.8 Å². The summed E-state index contributed by atoms with van der Waals surface area (Å²) in [6.45, 7) is -0.185. The van der Waals surface area contributed by atoms with E-state index in [0.717, 1.165) is 12.1 Å². The van der Waals surface area contributed by atoms with Gasteiger partial charge in [-0.25, -0.2) is 0 Å². The lowest BCUT2D eigenvalue weighted by atomic mass is 9.95. The molecule has 0 aromatic heterocycles. The Morgan fingerprint density at radius 1 is 1.16 bits per heavy atom. The van der Waals surface area contributed by atoms with Crippen LogP contribution in [-0.4, -0.2) is 29.6 Å². The van der Waals surface area contributed by atoms with Crippen LogP contribution in [0, 0.1) is 0 Å². The van der Waals surface area contributed by atoms with Crippen LogP contribution < -0.4 is 10.1 Å². The van der Waals surface area contributed by atoms with Gasteiger partial charge in [0.05, 0.1) is 17.3 Å². The van der Waals surface area contributed by atoms with Crippen molar-refractivity contribution in [3.8, 4) is 5.75 Å². The number of aliphatic hydroxyl groups is 1. The minimum Gasteiger partial charge on any atom is -0.478 e. The van der Waals surface area contributed by atoms with Crippen molar-refractivity contribution in [2.24, 2.45) is 0 Å². The topological polar surface area (TPSA) is 58.6 Å². The summed E-state index contributed by atoms with van der Waals surface area (Å²) in [5.41, 5.74) is -0.292. The highest BCUT2D eigenvalue weighted by Crippen LogP contribution is 2.34. The number of halogens is 3. The van der Waals surface area contributed by atoms with Crippen LogP contribution in [0.5, 0.6) is 5.75 Å². The molecule has 0 bridgehead atoms. The van der Waals surface area contributed by atoms with Gasteiger partial charge in [0, 0.05) is 12.2 Å². The normalized spacial score (nSPS) is 19.5. The van der Waals surface area contributed by atoms with Gasteiger partial charge < -0.3 is 15.2 Å². The van der Waals surface area contributed by atoms with E-state index in [9.17, 15) is 23.1 Å². The summed E-state index contributed by atoms with van der Waals surface area (Å²) >= 11 is 0. The van der Waals surface area contributed by atoms with Crippen LogP contribution in [0.25, 0.3) is 0 Å². The van der Waals surface area contributed by atoms with Gasteiger partial charge in [-0.3, -0.25) is 4.79 Å². The molecule has 0 spiro atoms. The summed E-state index contributed by atoms with van der Waals surface area (Å²) in [5, 5.41) is 12.3. The number of benzene rings is 2. The molecule has 1 aliphatic heterocycles. The standard InChI is InChI=1S/C18H16F3NO3/c19-18(20,21)12-5-3-4-11(10-12)16(24)17-14(8-9-23)22-13-6-1-2-7-15(13)25-17/h1-7,10,14,17,22-23H,8-9H2. The maximum atomic E-state index is 12.9. The first-order valence-corrected chi connectivity index (χ1v) is 7.74. The van der Waals surface area contributed by atoms with Crippen LogP contribution in [0.15, 0.2) is 48.5 Å². The molecule has 1 heterocycles. The number of anilines is 1. The average molecular weight is 351 g/mol. The Labute approximate surface area is 142 Å². The third kappa shape index (κ3) is 3.61. The molecule has 0 saturated carbocycles. The molecule has 2 N–H and O–H groups in total. The lowest BCUT2D eigenvalue weighted by Gasteiger charge is -2.34. The Morgan fingerprint density at radius 2 is 1.92 bits per heavy atom. The Morgan fingerprint density at radius 3 is 2.64 bits per heavy atom. The van der Waals surface area contributed by atoms with Gasteiger partial charge in [0.15, 0.2) is 6.10 Å². The fourth-order valence-corrected chi connectivity index (χ4v) is 2.79. The highest BCUT2D eigenvalue weighted by atomic mass is 19.4. The molecule has 2 aromatic carbocycles. The summed E-state index contributed by atoms with van der Waals surface area (Å²) in [6, 6.07) is 10.7. The molecule has 132 valence electrons. The van der Waals surface area contributed by atoms with Crippen LogP contribution in [0.2, 0.25) is 0 Å². The molecule has 2 atom stereocenters. The van der Waals surface area contributed by atoms with Gasteiger partial charge in [-0.2, -0.15) is 13.2 Å². The molecular formula is C18H16F3NO3. The van der Waals surface area contributed by atoms with E-state index >= 15 is 0 Å². The van der Waals surface area contributed by atoms with E-state index in [4.69, 9.17) is 4.74 Å². The highest BCUT2D eigenvalue weighted by Gasteiger charge is 2.36. The first kappa shape index (κ1) is 17.3. The van der Waals surface area contributed by atoms with Crippen LogP contribution in [0.1, 0.15) is 22.3 Å². The van der Waals surface area contributed by atoms with E-state index in [1.54, 1.807) is 24.3 Å². The number of hydrogen-bond acceptors (Lipinski definition) is 4. The summed E-state index contributed by atoms with van der Waals surface area (Å²) in [4.78, 5) is 12.8. The average Bonchev–Trinajstić information content (AvgIpc) is 2.60. The second kappa shape index (κ2) is 6.76. The van der Waals surface area contributed by atoms with E-state index in [1.807, 2.05) is 0 Å². The van der Waals surface area contributed by atoms with Crippen molar-refractivity contribution >= 4 is 11.5 Å². The number of rotatable bonds is 4. The fourth-order valence-electron chi connectivity index (χ4n) is 2.79. The Hall–Kier alpha value is -2.54. The van der Waals surface area contributed by atoms with Crippen molar-refractivity contribution in [2.45, 2.75) is 24.7 Å². The number of ether oxygens (including phenoxy) is 1. The molecule has 0 fully saturated rings. The van der Waals surface area contributed by atoms with E-state index in [-0.39, 0.29) is 18.6 Å². The molecule has 1 aliphatic rings. The number of aliphatic hydroxyl groups excluding tert-OH is 1. The molecule has 4 nitrogen and oxygen atoms in total. The number of hydrogen-bond donors (Lipinski definition) is 2.